The molecule has 1 aromatic heterocycles. The number of thiazole rings is 1. The molecule has 1 heterocycles. The number of fused-ring (bicyclic) bond motifs is 1. The van der Waals surface area contributed by atoms with Crippen LogP contribution in [0.3, 0.4) is 0 Å². The van der Waals surface area contributed by atoms with Crippen molar-refractivity contribution in [3.05, 3.63) is 18.2 Å². The lowest BCUT2D eigenvalue weighted by Crippen LogP contribution is -2.24. The summed E-state index contributed by atoms with van der Waals surface area (Å²) in [6.45, 7) is 5.00. The van der Waals surface area contributed by atoms with Crippen molar-refractivity contribution in [1.82, 2.24) is 10.3 Å². The maximum atomic E-state index is 11.7. The Balaban J connectivity index is 1.62. The van der Waals surface area contributed by atoms with Crippen molar-refractivity contribution in [2.45, 2.75) is 65.2 Å². The third-order valence-electron chi connectivity index (χ3n) is 4.32. The number of carbonyl (C=O) groups excluding carboxylic acids is 2. The van der Waals surface area contributed by atoms with Crippen LogP contribution >= 0.6 is 11.3 Å². The highest BCUT2D eigenvalue weighted by atomic mass is 32.1. The van der Waals surface area contributed by atoms with Crippen LogP contribution in [-0.2, 0) is 9.59 Å². The number of ether oxygens (including phenoxy) is 1. The molecule has 6 nitrogen and oxygen atoms in total. The summed E-state index contributed by atoms with van der Waals surface area (Å²) in [6.07, 6.45) is 8.06. The minimum atomic E-state index is -0.130. The van der Waals surface area contributed by atoms with Gasteiger partial charge in [-0.05, 0) is 37.8 Å². The Morgan fingerprint density at radius 3 is 2.71 bits per heavy atom. The minimum absolute atomic E-state index is 0.130. The summed E-state index contributed by atoms with van der Waals surface area (Å²) in [6, 6.07) is 5.75. The van der Waals surface area contributed by atoms with Gasteiger partial charge in [0.1, 0.15) is 5.75 Å². The van der Waals surface area contributed by atoms with E-state index in [1.807, 2.05) is 18.2 Å². The van der Waals surface area contributed by atoms with Gasteiger partial charge in [0.05, 0.1) is 16.8 Å². The van der Waals surface area contributed by atoms with E-state index in [0.29, 0.717) is 18.2 Å². The molecule has 2 amide bonds. The third-order valence-corrected chi connectivity index (χ3v) is 5.32. The number of unbranched alkanes of at least 4 members (excludes halogenated alkanes) is 5. The molecular weight excluding hydrogens is 374 g/mol. The number of hydrogen-bond donors (Lipinski definition) is 2. The first-order valence-corrected chi connectivity index (χ1v) is 11.0. The number of benzene rings is 1. The predicted octanol–water partition coefficient (Wildman–Crippen LogP) is 4.89. The first kappa shape index (κ1) is 22.1. The van der Waals surface area contributed by atoms with Gasteiger partial charge in [-0.2, -0.15) is 0 Å². The molecule has 0 aliphatic carbocycles. The number of carbonyl (C=O) groups is 2. The summed E-state index contributed by atoms with van der Waals surface area (Å²) in [5.74, 6) is 0.834. The topological polar surface area (TPSA) is 80.3 Å². The Hall–Kier alpha value is -2.15. The van der Waals surface area contributed by atoms with Crippen LogP contribution in [0.1, 0.15) is 65.2 Å². The van der Waals surface area contributed by atoms with Gasteiger partial charge in [-0.25, -0.2) is 4.98 Å². The molecule has 1 aromatic carbocycles. The van der Waals surface area contributed by atoms with Gasteiger partial charge in [0, 0.05) is 19.9 Å². The fraction of sp³-hybridized carbons (Fsp3) is 0.571. The van der Waals surface area contributed by atoms with Crippen LogP contribution in [0.4, 0.5) is 5.13 Å². The fourth-order valence-electron chi connectivity index (χ4n) is 2.86. The highest BCUT2D eigenvalue weighted by Crippen LogP contribution is 2.33. The largest absolute Gasteiger partial charge is 0.492 e. The summed E-state index contributed by atoms with van der Waals surface area (Å²) in [5.41, 5.74) is 0.827. The molecule has 0 unspecified atom stereocenters. The lowest BCUT2D eigenvalue weighted by Gasteiger charge is -2.07. The van der Waals surface area contributed by atoms with Crippen LogP contribution in [0.25, 0.3) is 10.2 Å². The smallest absolute Gasteiger partial charge is 0.223 e. The van der Waals surface area contributed by atoms with E-state index in [4.69, 9.17) is 4.74 Å². The molecule has 2 N–H and O–H groups in total. The van der Waals surface area contributed by atoms with Crippen molar-refractivity contribution >= 4 is 38.5 Å². The van der Waals surface area contributed by atoms with E-state index >= 15 is 0 Å². The number of nitrogens with one attached hydrogen (secondary N) is 2. The average Bonchev–Trinajstić information content (AvgIpc) is 3.06. The van der Waals surface area contributed by atoms with E-state index in [2.05, 4.69) is 22.5 Å². The monoisotopic (exact) mass is 405 g/mol. The molecule has 28 heavy (non-hydrogen) atoms. The molecule has 0 fully saturated rings. The van der Waals surface area contributed by atoms with E-state index in [1.54, 1.807) is 0 Å². The van der Waals surface area contributed by atoms with E-state index in [1.165, 1.54) is 31.1 Å². The van der Waals surface area contributed by atoms with Crippen LogP contribution < -0.4 is 15.4 Å². The Labute approximate surface area is 171 Å². The Kier molecular flexibility index (Phi) is 9.76. The van der Waals surface area contributed by atoms with Gasteiger partial charge in [-0.1, -0.05) is 43.6 Å². The van der Waals surface area contributed by atoms with E-state index in [9.17, 15) is 9.59 Å². The van der Waals surface area contributed by atoms with E-state index in [-0.39, 0.29) is 11.8 Å². The number of aromatic nitrogens is 1. The molecule has 0 aliphatic rings. The Morgan fingerprint density at radius 1 is 1.11 bits per heavy atom. The zero-order valence-electron chi connectivity index (χ0n) is 16.9. The van der Waals surface area contributed by atoms with Crippen molar-refractivity contribution in [1.29, 1.82) is 0 Å². The van der Waals surface area contributed by atoms with Crippen molar-refractivity contribution in [2.75, 3.05) is 18.5 Å². The Bertz CT molecular complexity index is 760. The number of hydrogen-bond acceptors (Lipinski definition) is 5. The predicted molar refractivity (Wildman–Crippen MR) is 115 cm³/mol. The number of nitrogens with zero attached hydrogens (tertiary/aromatic N) is 1. The van der Waals surface area contributed by atoms with Crippen LogP contribution in [0.5, 0.6) is 5.75 Å². The van der Waals surface area contributed by atoms with Gasteiger partial charge < -0.3 is 15.4 Å². The third kappa shape index (κ3) is 7.84. The number of amides is 2. The van der Waals surface area contributed by atoms with Crippen LogP contribution in [0, 0.1) is 0 Å². The van der Waals surface area contributed by atoms with Gasteiger partial charge in [0.25, 0.3) is 0 Å². The highest BCUT2D eigenvalue weighted by Gasteiger charge is 2.09. The normalized spacial score (nSPS) is 10.8. The second kappa shape index (κ2) is 12.3. The zero-order chi connectivity index (χ0) is 20.2. The highest BCUT2D eigenvalue weighted by molar-refractivity contribution is 7.22. The molecule has 154 valence electrons. The molecule has 2 aromatic rings. The zero-order valence-corrected chi connectivity index (χ0v) is 17.7. The lowest BCUT2D eigenvalue weighted by molar-refractivity contribution is -0.121. The molecule has 0 spiro atoms. The second-order valence-corrected chi connectivity index (χ2v) is 7.87. The van der Waals surface area contributed by atoms with Gasteiger partial charge in [-0.3, -0.25) is 9.59 Å². The maximum absolute atomic E-state index is 11.7. The SMILES string of the molecule is CCCCCCC(=O)NCCCCCOc1cccc2nc(NC(C)=O)sc12. The summed E-state index contributed by atoms with van der Waals surface area (Å²) in [7, 11) is 0. The first-order valence-electron chi connectivity index (χ1n) is 10.2. The lowest BCUT2D eigenvalue weighted by atomic mass is 10.1. The average molecular weight is 406 g/mol. The van der Waals surface area contributed by atoms with Gasteiger partial charge >= 0.3 is 0 Å². The van der Waals surface area contributed by atoms with Crippen LogP contribution in [-0.4, -0.2) is 29.9 Å². The molecule has 7 heteroatoms. The van der Waals surface area contributed by atoms with E-state index in [0.717, 1.165) is 54.6 Å². The van der Waals surface area contributed by atoms with Crippen molar-refractivity contribution in [2.24, 2.45) is 0 Å². The molecule has 0 bridgehead atoms. The van der Waals surface area contributed by atoms with Gasteiger partial charge in [0.15, 0.2) is 5.13 Å². The summed E-state index contributed by atoms with van der Waals surface area (Å²) >= 11 is 1.42. The van der Waals surface area contributed by atoms with Crippen LogP contribution in [0.2, 0.25) is 0 Å². The van der Waals surface area contributed by atoms with Gasteiger partial charge in [0.2, 0.25) is 11.8 Å². The van der Waals surface area contributed by atoms with E-state index < -0.39 is 0 Å². The summed E-state index contributed by atoms with van der Waals surface area (Å²) in [4.78, 5) is 27.3. The fourth-order valence-corrected chi connectivity index (χ4v) is 3.83. The van der Waals surface area contributed by atoms with Crippen molar-refractivity contribution in [3.8, 4) is 5.75 Å². The Morgan fingerprint density at radius 2 is 1.93 bits per heavy atom. The minimum Gasteiger partial charge on any atom is -0.492 e. The molecular formula is C21H31N3O3S. The van der Waals surface area contributed by atoms with Crippen molar-refractivity contribution in [3.63, 3.8) is 0 Å². The maximum Gasteiger partial charge on any atom is 0.223 e. The summed E-state index contributed by atoms with van der Waals surface area (Å²) < 4.78 is 6.86. The standard InChI is InChI=1S/C21H31N3O3S/c1-3-4-5-7-13-19(26)22-14-8-6-9-15-27-18-12-10-11-17-20(18)28-21(24-17)23-16(2)25/h10-12H,3-9,13-15H2,1-2H3,(H,22,26)(H,23,24,25). The quantitative estimate of drug-likeness (QED) is 0.465. The van der Waals surface area contributed by atoms with Crippen molar-refractivity contribution < 1.29 is 14.3 Å². The molecule has 2 rings (SSSR count). The second-order valence-electron chi connectivity index (χ2n) is 6.87. The molecule has 0 aliphatic heterocycles. The molecule has 0 saturated carbocycles. The number of anilines is 1. The first-order chi connectivity index (χ1) is 13.6. The molecule has 0 radical (unpaired) electrons. The summed E-state index contributed by atoms with van der Waals surface area (Å²) in [5, 5.41) is 6.30. The van der Waals surface area contributed by atoms with Gasteiger partial charge in [-0.15, -0.1) is 0 Å². The molecule has 0 saturated heterocycles. The van der Waals surface area contributed by atoms with Crippen LogP contribution in [0.15, 0.2) is 18.2 Å². The molecule has 0 atom stereocenters. The number of rotatable bonds is 13.